The highest BCUT2D eigenvalue weighted by Gasteiger charge is 2.46. The number of rotatable bonds is 19. The zero-order valence-electron chi connectivity index (χ0n) is 31.6. The third-order valence-corrected chi connectivity index (χ3v) is 11.3. The van der Waals surface area contributed by atoms with Crippen molar-refractivity contribution in [1.82, 2.24) is 4.67 Å². The van der Waals surface area contributed by atoms with Crippen LogP contribution in [0.15, 0.2) is 97.1 Å². The molecule has 4 aromatic carbocycles. The molecule has 0 aliphatic carbocycles. The molecule has 4 atom stereocenters. The fraction of sp³-hybridized carbons (Fsp3) is 0.405. The topological polar surface area (TPSA) is 91.6 Å². The van der Waals surface area contributed by atoms with E-state index in [2.05, 4.69) is 38.4 Å². The second-order valence-corrected chi connectivity index (χ2v) is 14.8. The van der Waals surface area contributed by atoms with Crippen LogP contribution in [0.5, 0.6) is 11.5 Å². The largest absolute Gasteiger partial charge is 0.497 e. The lowest BCUT2D eigenvalue weighted by molar-refractivity contribution is -0.0726. The van der Waals surface area contributed by atoms with E-state index in [1.54, 1.807) is 14.2 Å². The standard InChI is InChI=1S/C42H49F2N2O7P/c1-29(2)46(30(3)4)54(52-24-10-23-45)53-41-39(49-26-31-13-18-35(43)25-38(31)44)27-50-40(41)28-51-42(32-11-8-7-9-12-32,33-14-19-36(47-5)20-15-33)34-16-21-37(48-6)22-17-34/h7-9,11-22,25,29-30,39-41H,10,24,26-28H2,1-6H3/t39-,40+,41-,54?/m0/s1. The molecule has 0 saturated carbocycles. The molecule has 1 heterocycles. The molecule has 1 aliphatic rings. The molecule has 0 amide bonds. The van der Waals surface area contributed by atoms with Crippen molar-refractivity contribution in [2.45, 2.75) is 76.7 Å². The number of ether oxygens (including phenoxy) is 5. The Morgan fingerprint density at radius 2 is 1.44 bits per heavy atom. The third kappa shape index (κ3) is 9.81. The van der Waals surface area contributed by atoms with Gasteiger partial charge in [0, 0.05) is 23.7 Å². The van der Waals surface area contributed by atoms with Crippen LogP contribution in [0.2, 0.25) is 0 Å². The zero-order chi connectivity index (χ0) is 38.7. The molecular weight excluding hydrogens is 713 g/mol. The second-order valence-electron chi connectivity index (χ2n) is 13.4. The predicted octanol–water partition coefficient (Wildman–Crippen LogP) is 8.94. The van der Waals surface area contributed by atoms with Gasteiger partial charge >= 0.3 is 0 Å². The lowest BCUT2D eigenvalue weighted by Gasteiger charge is -2.39. The van der Waals surface area contributed by atoms with E-state index in [0.717, 1.165) is 22.8 Å². The lowest BCUT2D eigenvalue weighted by Crippen LogP contribution is -2.42. The van der Waals surface area contributed by atoms with Crippen LogP contribution in [0.25, 0.3) is 0 Å². The number of methoxy groups -OCH3 is 2. The summed E-state index contributed by atoms with van der Waals surface area (Å²) < 4.78 is 74.7. The Labute approximate surface area is 318 Å². The summed E-state index contributed by atoms with van der Waals surface area (Å²) in [6.45, 7) is 8.43. The second kappa shape index (κ2) is 19.6. The molecule has 0 spiro atoms. The fourth-order valence-corrected chi connectivity index (χ4v) is 8.37. The van der Waals surface area contributed by atoms with E-state index in [1.807, 2.05) is 78.9 Å². The van der Waals surface area contributed by atoms with Crippen LogP contribution in [0, 0.1) is 23.0 Å². The summed E-state index contributed by atoms with van der Waals surface area (Å²) in [4.78, 5) is 0. The molecule has 288 valence electrons. The third-order valence-electron chi connectivity index (χ3n) is 9.19. The molecule has 0 radical (unpaired) electrons. The van der Waals surface area contributed by atoms with Gasteiger partial charge in [-0.1, -0.05) is 60.7 Å². The first-order valence-corrected chi connectivity index (χ1v) is 19.1. The summed E-state index contributed by atoms with van der Waals surface area (Å²) >= 11 is 0. The quantitative estimate of drug-likeness (QED) is 0.0528. The smallest absolute Gasteiger partial charge is 0.259 e. The first-order chi connectivity index (χ1) is 26.1. The molecule has 1 aliphatic heterocycles. The molecule has 1 saturated heterocycles. The minimum atomic E-state index is -1.72. The van der Waals surface area contributed by atoms with Crippen LogP contribution in [0.4, 0.5) is 8.78 Å². The average molecular weight is 763 g/mol. The first-order valence-electron chi connectivity index (χ1n) is 18.0. The van der Waals surface area contributed by atoms with Crippen LogP contribution in [0.3, 0.4) is 0 Å². The van der Waals surface area contributed by atoms with Crippen LogP contribution >= 0.6 is 8.53 Å². The van der Waals surface area contributed by atoms with Crippen molar-refractivity contribution in [3.05, 3.63) is 131 Å². The number of nitriles is 1. The van der Waals surface area contributed by atoms with Gasteiger partial charge in [0.05, 0.1) is 53.1 Å². The minimum Gasteiger partial charge on any atom is -0.497 e. The van der Waals surface area contributed by atoms with Crippen molar-refractivity contribution in [2.24, 2.45) is 0 Å². The van der Waals surface area contributed by atoms with Gasteiger partial charge in [0.25, 0.3) is 8.53 Å². The summed E-state index contributed by atoms with van der Waals surface area (Å²) in [5, 5.41) is 9.31. The van der Waals surface area contributed by atoms with Gasteiger partial charge in [0.1, 0.15) is 47.0 Å². The van der Waals surface area contributed by atoms with Crippen LogP contribution in [-0.2, 0) is 35.5 Å². The van der Waals surface area contributed by atoms with Gasteiger partial charge in [-0.05, 0) is 74.7 Å². The Bertz CT molecular complexity index is 1740. The van der Waals surface area contributed by atoms with Crippen molar-refractivity contribution in [1.29, 1.82) is 5.26 Å². The van der Waals surface area contributed by atoms with Gasteiger partial charge in [-0.25, -0.2) is 13.5 Å². The fourth-order valence-electron chi connectivity index (χ4n) is 6.58. The SMILES string of the molecule is COc1ccc(C(OC[C@H]2OC[C@H](OCc3ccc(F)cc3F)[C@@H]2OP(OCCC#N)N(C(C)C)C(C)C)(c2ccccc2)c2ccc(OC)cc2)cc1. The highest BCUT2D eigenvalue weighted by atomic mass is 31.2. The Kier molecular flexibility index (Phi) is 14.9. The Balaban J connectivity index is 1.55. The number of nitrogens with zero attached hydrogens (tertiary/aromatic N) is 2. The number of halogens is 2. The normalized spacial score (nSPS) is 17.9. The minimum absolute atomic E-state index is 0.0405. The summed E-state index contributed by atoms with van der Waals surface area (Å²) in [7, 11) is 1.53. The van der Waals surface area contributed by atoms with Crippen molar-refractivity contribution < 1.29 is 41.5 Å². The van der Waals surface area contributed by atoms with Crippen molar-refractivity contribution >= 4 is 8.53 Å². The van der Waals surface area contributed by atoms with Crippen molar-refractivity contribution in [3.8, 4) is 17.6 Å². The van der Waals surface area contributed by atoms with E-state index in [9.17, 15) is 14.0 Å². The summed E-state index contributed by atoms with van der Waals surface area (Å²) in [6, 6.07) is 31.1. The lowest BCUT2D eigenvalue weighted by atomic mass is 9.80. The Hall–Kier alpha value is -3.98. The molecule has 0 N–H and O–H groups in total. The van der Waals surface area contributed by atoms with Gasteiger partial charge < -0.3 is 32.7 Å². The maximum Gasteiger partial charge on any atom is 0.259 e. The number of hydrogen-bond donors (Lipinski definition) is 0. The van der Waals surface area contributed by atoms with E-state index in [0.29, 0.717) is 11.5 Å². The molecule has 0 bridgehead atoms. The van der Waals surface area contributed by atoms with Crippen LogP contribution in [-0.4, -0.2) is 69.1 Å². The summed E-state index contributed by atoms with van der Waals surface area (Å²) in [6.07, 6.45) is -1.88. The van der Waals surface area contributed by atoms with E-state index >= 15 is 0 Å². The molecule has 12 heteroatoms. The van der Waals surface area contributed by atoms with Crippen molar-refractivity contribution in [2.75, 3.05) is 34.0 Å². The monoisotopic (exact) mass is 762 g/mol. The molecule has 1 fully saturated rings. The van der Waals surface area contributed by atoms with Gasteiger partial charge in [-0.2, -0.15) is 5.26 Å². The highest BCUT2D eigenvalue weighted by molar-refractivity contribution is 7.44. The van der Waals surface area contributed by atoms with Gasteiger partial charge in [0.15, 0.2) is 0 Å². The maximum absolute atomic E-state index is 14.7. The van der Waals surface area contributed by atoms with E-state index in [4.69, 9.17) is 32.7 Å². The molecule has 4 aromatic rings. The van der Waals surface area contributed by atoms with Gasteiger partial charge in [0.2, 0.25) is 0 Å². The van der Waals surface area contributed by atoms with Gasteiger partial charge in [-0.3, -0.25) is 0 Å². The van der Waals surface area contributed by atoms with E-state index in [1.165, 1.54) is 12.1 Å². The zero-order valence-corrected chi connectivity index (χ0v) is 32.5. The molecule has 5 rings (SSSR count). The molecular formula is C42H49F2N2O7P. The average Bonchev–Trinajstić information content (AvgIpc) is 3.56. The molecule has 1 unspecified atom stereocenters. The van der Waals surface area contributed by atoms with Gasteiger partial charge in [-0.15, -0.1) is 0 Å². The molecule has 9 nitrogen and oxygen atoms in total. The van der Waals surface area contributed by atoms with Crippen LogP contribution < -0.4 is 9.47 Å². The van der Waals surface area contributed by atoms with E-state index < -0.39 is 44.1 Å². The predicted molar refractivity (Wildman–Crippen MR) is 203 cm³/mol. The van der Waals surface area contributed by atoms with E-state index in [-0.39, 0.29) is 50.5 Å². The van der Waals surface area contributed by atoms with Crippen molar-refractivity contribution in [3.63, 3.8) is 0 Å². The van der Waals surface area contributed by atoms with Crippen LogP contribution in [0.1, 0.15) is 56.4 Å². The number of hydrogen-bond acceptors (Lipinski definition) is 9. The summed E-state index contributed by atoms with van der Waals surface area (Å²) in [5.41, 5.74) is 1.66. The Morgan fingerprint density at radius 1 is 0.852 bits per heavy atom. The highest BCUT2D eigenvalue weighted by Crippen LogP contribution is 2.50. The maximum atomic E-state index is 14.7. The number of benzene rings is 4. The molecule has 54 heavy (non-hydrogen) atoms. The molecule has 0 aromatic heterocycles. The first kappa shape index (κ1) is 41.2. The summed E-state index contributed by atoms with van der Waals surface area (Å²) in [5.74, 6) is 0.0262. The Morgan fingerprint density at radius 3 is 1.98 bits per heavy atom.